The molecule has 0 spiro atoms. The molecule has 0 aliphatic rings. The second-order valence-corrected chi connectivity index (χ2v) is 3.28. The summed E-state index contributed by atoms with van der Waals surface area (Å²) < 4.78 is 5.60. The summed E-state index contributed by atoms with van der Waals surface area (Å²) >= 11 is 0. The zero-order chi connectivity index (χ0) is 11.3. The Morgan fingerprint density at radius 1 is 1.20 bits per heavy atom. The van der Waals surface area contributed by atoms with Crippen LogP contribution in [0.5, 0.6) is 0 Å². The van der Waals surface area contributed by atoms with Gasteiger partial charge in [-0.2, -0.15) is 0 Å². The minimum Gasteiger partial charge on any atom is -0.460 e. The third-order valence-electron chi connectivity index (χ3n) is 2.07. The second kappa shape index (κ2) is 5.56. The number of rotatable bonds is 2. The molecule has 1 N–H and O–H groups in total. The van der Waals surface area contributed by atoms with Gasteiger partial charge in [0.05, 0.1) is 6.54 Å². The molecule has 2 rings (SSSR count). The van der Waals surface area contributed by atoms with Crippen LogP contribution in [0.15, 0.2) is 28.7 Å². The van der Waals surface area contributed by atoms with Crippen molar-refractivity contribution in [2.45, 2.75) is 27.3 Å². The molecule has 0 aliphatic carbocycles. The normalized spacial score (nSPS) is 9.87. The largest absolute Gasteiger partial charge is 0.460 e. The lowest BCUT2D eigenvalue weighted by Crippen LogP contribution is -2.03. The standard InChI is InChI=1S/C11H13NO.C2H6/c1-8-3-4-11-9(5-8)6-10(13-11)7-12-2;1-2/h3-6,12H,7H2,1-2H3;1-2H3. The van der Waals surface area contributed by atoms with Crippen molar-refractivity contribution in [3.05, 3.63) is 35.6 Å². The quantitative estimate of drug-likeness (QED) is 0.812. The number of aryl methyl sites for hydroxylation is 1. The molecular weight excluding hydrogens is 186 g/mol. The first-order chi connectivity index (χ1) is 7.29. The molecule has 15 heavy (non-hydrogen) atoms. The van der Waals surface area contributed by atoms with Crippen molar-refractivity contribution in [1.29, 1.82) is 0 Å². The predicted molar refractivity (Wildman–Crippen MR) is 65.1 cm³/mol. The van der Waals surface area contributed by atoms with Crippen LogP contribution in [0.1, 0.15) is 25.2 Å². The van der Waals surface area contributed by atoms with Crippen LogP contribution < -0.4 is 5.32 Å². The summed E-state index contributed by atoms with van der Waals surface area (Å²) in [7, 11) is 1.92. The van der Waals surface area contributed by atoms with Gasteiger partial charge in [0.2, 0.25) is 0 Å². The van der Waals surface area contributed by atoms with E-state index in [-0.39, 0.29) is 0 Å². The van der Waals surface area contributed by atoms with Crippen LogP contribution in [0.4, 0.5) is 0 Å². The Labute approximate surface area is 91.3 Å². The summed E-state index contributed by atoms with van der Waals surface area (Å²) in [4.78, 5) is 0. The average molecular weight is 205 g/mol. The van der Waals surface area contributed by atoms with E-state index in [2.05, 4.69) is 30.4 Å². The van der Waals surface area contributed by atoms with Gasteiger partial charge >= 0.3 is 0 Å². The maximum Gasteiger partial charge on any atom is 0.134 e. The van der Waals surface area contributed by atoms with E-state index in [0.29, 0.717) is 0 Å². The first-order valence-corrected chi connectivity index (χ1v) is 5.43. The average Bonchev–Trinajstić information content (AvgIpc) is 2.63. The summed E-state index contributed by atoms with van der Waals surface area (Å²) in [5.41, 5.74) is 2.24. The predicted octanol–water partition coefficient (Wildman–Crippen LogP) is 3.49. The van der Waals surface area contributed by atoms with Crippen LogP contribution in [0.25, 0.3) is 11.0 Å². The molecule has 1 aromatic heterocycles. The highest BCUT2D eigenvalue weighted by Gasteiger charge is 2.01. The minimum absolute atomic E-state index is 0.785. The van der Waals surface area contributed by atoms with Gasteiger partial charge in [0.15, 0.2) is 0 Å². The van der Waals surface area contributed by atoms with Crippen molar-refractivity contribution in [3.8, 4) is 0 Å². The maximum atomic E-state index is 5.60. The topological polar surface area (TPSA) is 25.2 Å². The number of furan rings is 1. The molecule has 1 heterocycles. The van der Waals surface area contributed by atoms with Gasteiger partial charge < -0.3 is 9.73 Å². The Hall–Kier alpha value is -1.28. The lowest BCUT2D eigenvalue weighted by Gasteiger charge is -1.90. The lowest BCUT2D eigenvalue weighted by molar-refractivity contribution is 0.531. The smallest absolute Gasteiger partial charge is 0.134 e. The van der Waals surface area contributed by atoms with Crippen molar-refractivity contribution < 1.29 is 4.42 Å². The van der Waals surface area contributed by atoms with E-state index in [1.165, 1.54) is 10.9 Å². The van der Waals surface area contributed by atoms with E-state index < -0.39 is 0 Å². The summed E-state index contributed by atoms with van der Waals surface area (Å²) in [6, 6.07) is 8.30. The maximum absolute atomic E-state index is 5.60. The van der Waals surface area contributed by atoms with E-state index in [0.717, 1.165) is 17.9 Å². The van der Waals surface area contributed by atoms with Crippen molar-refractivity contribution in [1.82, 2.24) is 5.32 Å². The van der Waals surface area contributed by atoms with Gasteiger partial charge in [0.1, 0.15) is 11.3 Å². The zero-order valence-electron chi connectivity index (χ0n) is 9.92. The molecule has 82 valence electrons. The van der Waals surface area contributed by atoms with Gasteiger partial charge in [0, 0.05) is 5.39 Å². The number of hydrogen-bond donors (Lipinski definition) is 1. The SMILES string of the molecule is CC.CNCc1cc2cc(C)ccc2o1. The third kappa shape index (κ3) is 2.83. The second-order valence-electron chi connectivity index (χ2n) is 3.28. The van der Waals surface area contributed by atoms with Crippen LogP contribution in [-0.2, 0) is 6.54 Å². The fraction of sp³-hybridized carbons (Fsp3) is 0.385. The summed E-state index contributed by atoms with van der Waals surface area (Å²) in [5.74, 6) is 0.989. The Balaban J connectivity index is 0.000000531. The molecule has 0 aliphatic heterocycles. The minimum atomic E-state index is 0.785. The fourth-order valence-electron chi connectivity index (χ4n) is 1.48. The number of hydrogen-bond acceptors (Lipinski definition) is 2. The Bertz CT molecular complexity index is 417. The molecule has 0 bridgehead atoms. The lowest BCUT2D eigenvalue weighted by atomic mass is 10.2. The van der Waals surface area contributed by atoms with Crippen LogP contribution >= 0.6 is 0 Å². The van der Waals surface area contributed by atoms with Gasteiger partial charge in [-0.25, -0.2) is 0 Å². The van der Waals surface area contributed by atoms with Crippen LogP contribution in [0.3, 0.4) is 0 Å². The van der Waals surface area contributed by atoms with E-state index in [1.807, 2.05) is 27.0 Å². The molecule has 0 amide bonds. The van der Waals surface area contributed by atoms with Crippen molar-refractivity contribution >= 4 is 11.0 Å². The molecule has 2 nitrogen and oxygen atoms in total. The molecule has 2 heteroatoms. The number of fused-ring (bicyclic) bond motifs is 1. The van der Waals surface area contributed by atoms with E-state index in [1.54, 1.807) is 0 Å². The van der Waals surface area contributed by atoms with Crippen LogP contribution in [0, 0.1) is 6.92 Å². The fourth-order valence-corrected chi connectivity index (χ4v) is 1.48. The molecule has 0 radical (unpaired) electrons. The first-order valence-electron chi connectivity index (χ1n) is 5.43. The number of benzene rings is 1. The van der Waals surface area contributed by atoms with Gasteiger partial charge in [0.25, 0.3) is 0 Å². The first kappa shape index (κ1) is 11.8. The third-order valence-corrected chi connectivity index (χ3v) is 2.07. The highest BCUT2D eigenvalue weighted by Crippen LogP contribution is 2.20. The van der Waals surface area contributed by atoms with E-state index >= 15 is 0 Å². The molecule has 2 aromatic rings. The van der Waals surface area contributed by atoms with Crippen LogP contribution in [-0.4, -0.2) is 7.05 Å². The van der Waals surface area contributed by atoms with E-state index in [9.17, 15) is 0 Å². The van der Waals surface area contributed by atoms with Crippen molar-refractivity contribution in [3.63, 3.8) is 0 Å². The zero-order valence-corrected chi connectivity index (χ0v) is 9.92. The van der Waals surface area contributed by atoms with Crippen molar-refractivity contribution in [2.75, 3.05) is 7.05 Å². The van der Waals surface area contributed by atoms with Crippen LogP contribution in [0.2, 0.25) is 0 Å². The monoisotopic (exact) mass is 205 g/mol. The Morgan fingerprint density at radius 3 is 2.60 bits per heavy atom. The molecule has 0 saturated heterocycles. The molecule has 0 atom stereocenters. The highest BCUT2D eigenvalue weighted by molar-refractivity contribution is 5.78. The highest BCUT2D eigenvalue weighted by atomic mass is 16.3. The molecule has 0 fully saturated rings. The summed E-state index contributed by atoms with van der Waals surface area (Å²) in [5, 5.41) is 4.25. The van der Waals surface area contributed by atoms with Gasteiger partial charge in [-0.15, -0.1) is 0 Å². The summed E-state index contributed by atoms with van der Waals surface area (Å²) in [6.45, 7) is 6.87. The molecule has 1 aromatic carbocycles. The van der Waals surface area contributed by atoms with Gasteiger partial charge in [-0.05, 0) is 32.2 Å². The van der Waals surface area contributed by atoms with Gasteiger partial charge in [-0.1, -0.05) is 25.5 Å². The van der Waals surface area contributed by atoms with Crippen molar-refractivity contribution in [2.24, 2.45) is 0 Å². The molecule has 0 unspecified atom stereocenters. The Morgan fingerprint density at radius 2 is 1.93 bits per heavy atom. The summed E-state index contributed by atoms with van der Waals surface area (Å²) in [6.07, 6.45) is 0. The van der Waals surface area contributed by atoms with Gasteiger partial charge in [-0.3, -0.25) is 0 Å². The van der Waals surface area contributed by atoms with E-state index in [4.69, 9.17) is 4.42 Å². The molecule has 0 saturated carbocycles. The Kier molecular flexibility index (Phi) is 4.37. The number of nitrogens with one attached hydrogen (secondary N) is 1. The molecular formula is C13H19NO.